The highest BCUT2D eigenvalue weighted by atomic mass is 127. The van der Waals surface area contributed by atoms with Crippen LogP contribution in [0.15, 0.2) is 48.4 Å². The lowest BCUT2D eigenvalue weighted by Gasteiger charge is -2.36. The zero-order valence-corrected chi connectivity index (χ0v) is 25.3. The third kappa shape index (κ3) is 5.96. The average Bonchev–Trinajstić information content (AvgIpc) is 3.64. The molecule has 0 aromatic carbocycles. The second-order valence-electron chi connectivity index (χ2n) is 9.78. The van der Waals surface area contributed by atoms with Gasteiger partial charge in [0.2, 0.25) is 5.95 Å². The summed E-state index contributed by atoms with van der Waals surface area (Å²) in [5.41, 5.74) is -0.500. The van der Waals surface area contributed by atoms with E-state index in [-0.39, 0.29) is 47.4 Å². The summed E-state index contributed by atoms with van der Waals surface area (Å²) in [6.07, 6.45) is 1.90. The molecule has 1 saturated heterocycles. The van der Waals surface area contributed by atoms with Crippen molar-refractivity contribution in [3.05, 3.63) is 60.3 Å². The van der Waals surface area contributed by atoms with Gasteiger partial charge in [0.05, 0.1) is 16.6 Å². The Kier molecular flexibility index (Phi) is 8.22. The number of imidazole rings is 2. The molecule has 0 radical (unpaired) electrons. The maximum absolute atomic E-state index is 13.9. The number of alkyl halides is 4. The molecule has 0 unspecified atom stereocenters. The van der Waals surface area contributed by atoms with Crippen molar-refractivity contribution in [3.63, 3.8) is 0 Å². The molecule has 1 N–H and O–H groups in total. The fourth-order valence-electron chi connectivity index (χ4n) is 4.65. The maximum Gasteiger partial charge on any atom is 0.420 e. The highest BCUT2D eigenvalue weighted by molar-refractivity contribution is 14.1. The van der Waals surface area contributed by atoms with Crippen LogP contribution in [-0.2, 0) is 20.8 Å². The second-order valence-corrected chi connectivity index (χ2v) is 12.3. The number of aryl methyl sites for hydroxylation is 1. The highest BCUT2D eigenvalue weighted by Gasteiger charge is 2.38. The van der Waals surface area contributed by atoms with Crippen molar-refractivity contribution in [1.82, 2.24) is 38.4 Å². The third-order valence-corrected chi connectivity index (χ3v) is 9.39. The predicted molar refractivity (Wildman–Crippen MR) is 153 cm³/mol. The number of sulfonamides is 1. The molecule has 2 atom stereocenters. The fraction of sp³-hybridized carbons (Fsp3) is 0.360. The van der Waals surface area contributed by atoms with E-state index in [1.165, 1.54) is 33.9 Å². The molecule has 17 heteroatoms. The molecule has 4 aromatic heterocycles. The summed E-state index contributed by atoms with van der Waals surface area (Å²) in [5, 5.41) is 12.5. The first-order valence-corrected chi connectivity index (χ1v) is 15.6. The van der Waals surface area contributed by atoms with Crippen LogP contribution in [0.4, 0.5) is 19.1 Å². The quantitative estimate of drug-likeness (QED) is 0.222. The zero-order valence-electron chi connectivity index (χ0n) is 22.3. The molecule has 0 bridgehead atoms. The number of rotatable bonds is 7. The summed E-state index contributed by atoms with van der Waals surface area (Å²) in [7, 11) is -3.79. The zero-order chi connectivity index (χ0) is 30.2. The van der Waals surface area contributed by atoms with Crippen LogP contribution in [-0.4, -0.2) is 65.9 Å². The van der Waals surface area contributed by atoms with Gasteiger partial charge in [-0.25, -0.2) is 33.3 Å². The Bertz CT molecular complexity index is 1770. The van der Waals surface area contributed by atoms with Crippen LogP contribution in [0.25, 0.3) is 17.1 Å². The molecule has 5 rings (SSSR count). The van der Waals surface area contributed by atoms with Gasteiger partial charge in [0.15, 0.2) is 10.7 Å². The lowest BCUT2D eigenvalue weighted by Crippen LogP contribution is -2.47. The van der Waals surface area contributed by atoms with Gasteiger partial charge in [-0.15, -0.1) is 0 Å². The van der Waals surface area contributed by atoms with Crippen molar-refractivity contribution in [2.45, 2.75) is 42.1 Å². The summed E-state index contributed by atoms with van der Waals surface area (Å²) in [5.74, 6) is -0.261. The lowest BCUT2D eigenvalue weighted by atomic mass is 9.95. The number of pyridine rings is 1. The van der Waals surface area contributed by atoms with Crippen LogP contribution in [0, 0.1) is 24.2 Å². The highest BCUT2D eigenvalue weighted by Crippen LogP contribution is 2.36. The fourth-order valence-corrected chi connectivity index (χ4v) is 6.51. The molecule has 0 amide bonds. The monoisotopic (exact) mass is 712 g/mol. The van der Waals surface area contributed by atoms with Crippen molar-refractivity contribution < 1.29 is 21.6 Å². The molecule has 1 fully saturated rings. The number of halogens is 4. The molecule has 1 aliphatic rings. The van der Waals surface area contributed by atoms with Gasteiger partial charge >= 0.3 is 6.18 Å². The second kappa shape index (κ2) is 11.6. The van der Waals surface area contributed by atoms with Crippen molar-refractivity contribution in [2.24, 2.45) is 5.92 Å². The van der Waals surface area contributed by atoms with Gasteiger partial charge in [-0.05, 0) is 31.4 Å². The van der Waals surface area contributed by atoms with Gasteiger partial charge in [-0.2, -0.15) is 22.7 Å². The number of hydrogen-bond acceptors (Lipinski definition) is 9. The molecule has 0 saturated carbocycles. The Hall–Kier alpha value is -3.63. The Morgan fingerprint density at radius 1 is 1.17 bits per heavy atom. The van der Waals surface area contributed by atoms with E-state index < -0.39 is 27.5 Å². The number of piperidine rings is 1. The van der Waals surface area contributed by atoms with Crippen molar-refractivity contribution >= 4 is 38.6 Å². The van der Waals surface area contributed by atoms with Crippen LogP contribution >= 0.6 is 22.6 Å². The summed E-state index contributed by atoms with van der Waals surface area (Å²) in [6.45, 7) is 3.93. The first-order chi connectivity index (χ1) is 19.9. The van der Waals surface area contributed by atoms with Gasteiger partial charge in [-0.1, -0.05) is 29.5 Å². The molecule has 1 aliphatic heterocycles. The lowest BCUT2D eigenvalue weighted by molar-refractivity contribution is -0.137. The summed E-state index contributed by atoms with van der Waals surface area (Å²) < 4.78 is 73.0. The Balaban J connectivity index is 1.39. The number of nitrogens with one attached hydrogen (secondary N) is 1. The molecule has 12 nitrogen and oxygen atoms in total. The minimum Gasteiger partial charge on any atom is -0.351 e. The molecule has 0 aliphatic carbocycles. The van der Waals surface area contributed by atoms with Gasteiger partial charge < -0.3 is 14.5 Å². The minimum atomic E-state index is -4.75. The van der Waals surface area contributed by atoms with Crippen LogP contribution < -0.4 is 5.32 Å². The largest absolute Gasteiger partial charge is 0.420 e. The Morgan fingerprint density at radius 3 is 2.62 bits per heavy atom. The van der Waals surface area contributed by atoms with E-state index in [9.17, 15) is 26.9 Å². The van der Waals surface area contributed by atoms with Crippen molar-refractivity contribution in [2.75, 3.05) is 18.4 Å². The van der Waals surface area contributed by atoms with E-state index in [4.69, 9.17) is 0 Å². The van der Waals surface area contributed by atoms with Gasteiger partial charge in [0.1, 0.15) is 29.3 Å². The smallest absolute Gasteiger partial charge is 0.351 e. The van der Waals surface area contributed by atoms with Crippen molar-refractivity contribution in [3.8, 4) is 23.1 Å². The molecule has 42 heavy (non-hydrogen) atoms. The van der Waals surface area contributed by atoms with E-state index >= 15 is 0 Å². The number of nitrogens with zero attached hydrogens (tertiary/aromatic N) is 9. The van der Waals surface area contributed by atoms with Crippen LogP contribution in [0.3, 0.4) is 0 Å². The minimum absolute atomic E-state index is 0.0313. The molecule has 5 heterocycles. The molecular weight excluding hydrogens is 688 g/mol. The Morgan fingerprint density at radius 2 is 1.95 bits per heavy atom. The molecular formula is C25H24F3IN10O2S. The number of hydrogen-bond donors (Lipinski definition) is 1. The average molecular weight is 712 g/mol. The molecule has 0 spiro atoms. The molecule has 220 valence electrons. The Labute approximate surface area is 252 Å². The van der Waals surface area contributed by atoms with E-state index in [1.54, 1.807) is 23.6 Å². The SMILES string of the molecule is Cc1ccc(-n2cnc(-c3nc(N[C@H]4CCN(S(=O)(=O)c5cn(CI)cn5)C[C@H]4C)ncc3C(F)(F)F)c2)c(C#N)n1. The molecule has 4 aromatic rings. The third-order valence-electron chi connectivity index (χ3n) is 6.85. The summed E-state index contributed by atoms with van der Waals surface area (Å²) >= 11 is 2.10. The number of nitriles is 1. The number of anilines is 1. The predicted octanol–water partition coefficient (Wildman–Crippen LogP) is 4.02. The van der Waals surface area contributed by atoms with Crippen molar-refractivity contribution in [1.29, 1.82) is 5.26 Å². The van der Waals surface area contributed by atoms with Crippen LogP contribution in [0.5, 0.6) is 0 Å². The maximum atomic E-state index is 13.9. The van der Waals surface area contributed by atoms with Gasteiger partial charge in [0.25, 0.3) is 10.0 Å². The normalized spacial score (nSPS) is 18.1. The number of aromatic nitrogens is 7. The standard InChI is InChI=1S/C25H24F3IN10O2S/c1-15-9-39(42(40,41)22-11-37(12-29)13-33-22)6-5-18(15)35-24-31-8-17(25(26,27)28)23(36-24)20-10-38(14-32-20)21-4-3-16(2)34-19(21)7-30/h3-4,8,10-11,13-15,18H,5-6,9,12H2,1-2H3,(H,31,35,36)/t15-,18+/m1/s1. The van der Waals surface area contributed by atoms with Gasteiger partial charge in [-0.3, -0.25) is 0 Å². The van der Waals surface area contributed by atoms with E-state index in [1.807, 2.05) is 13.0 Å². The van der Waals surface area contributed by atoms with E-state index in [0.29, 0.717) is 28.6 Å². The summed E-state index contributed by atoms with van der Waals surface area (Å²) in [6, 6.07) is 4.99. The van der Waals surface area contributed by atoms with Crippen LogP contribution in [0.2, 0.25) is 0 Å². The van der Waals surface area contributed by atoms with E-state index in [2.05, 4.69) is 52.8 Å². The van der Waals surface area contributed by atoms with Gasteiger partial charge in [0, 0.05) is 43.4 Å². The van der Waals surface area contributed by atoms with Crippen LogP contribution in [0.1, 0.15) is 30.3 Å². The van der Waals surface area contributed by atoms with E-state index in [0.717, 1.165) is 0 Å². The first-order valence-electron chi connectivity index (χ1n) is 12.6. The summed E-state index contributed by atoms with van der Waals surface area (Å²) in [4.78, 5) is 20.4. The topological polar surface area (TPSA) is 148 Å². The first kappa shape index (κ1) is 29.8.